The molecule has 1 saturated carbocycles. The Bertz CT molecular complexity index is 1860. The molecule has 49 heavy (non-hydrogen) atoms. The number of carboxylic acid groups (broad SMARTS) is 1. The van der Waals surface area contributed by atoms with Gasteiger partial charge in [0, 0.05) is 24.4 Å². The number of nitrogens with zero attached hydrogens (tertiary/aromatic N) is 2. The van der Waals surface area contributed by atoms with Crippen LogP contribution in [-0.2, 0) is 24.0 Å². The van der Waals surface area contributed by atoms with Crippen LogP contribution in [0.25, 0.3) is 0 Å². The maximum absolute atomic E-state index is 15.2. The Labute approximate surface area is 284 Å². The van der Waals surface area contributed by atoms with Gasteiger partial charge in [0.15, 0.2) is 44.5 Å². The maximum atomic E-state index is 15.2. The lowest BCUT2D eigenvalue weighted by molar-refractivity contribution is -0.142. The number of ether oxygens (including phenoxy) is 1. The molecule has 260 valence electrons. The SMILES string of the molecule is CCOc1cccc(C2C3=CCC4C(=O)N(CCCC(=O)O)C(=O)C4C3CC3(Cl)C(=O)N(c4c(F)c(F)c(F)c(F)c4F)C(=O)C23Cl)c1O. The smallest absolute Gasteiger partial charge is 0.303 e. The fourth-order valence-electron chi connectivity index (χ4n) is 7.63. The Hall–Kier alpha value is -4.24. The molecule has 6 atom stereocenters. The summed E-state index contributed by atoms with van der Waals surface area (Å²) in [5.74, 6) is -24.2. The van der Waals surface area contributed by atoms with Crippen LogP contribution in [0, 0.1) is 46.8 Å². The summed E-state index contributed by atoms with van der Waals surface area (Å²) in [6.07, 6.45) is 0.248. The summed E-state index contributed by atoms with van der Waals surface area (Å²) in [5, 5.41) is 20.4. The van der Waals surface area contributed by atoms with Gasteiger partial charge in [0.25, 0.3) is 11.8 Å². The van der Waals surface area contributed by atoms with Crippen LogP contribution in [0.1, 0.15) is 44.1 Å². The van der Waals surface area contributed by atoms with Gasteiger partial charge in [0.1, 0.15) is 5.69 Å². The molecule has 2 aromatic carbocycles. The number of alkyl halides is 2. The summed E-state index contributed by atoms with van der Waals surface area (Å²) in [5.41, 5.74) is -1.96. The third kappa shape index (κ3) is 4.68. The fourth-order valence-corrected chi connectivity index (χ4v) is 8.56. The number of rotatable bonds is 8. The lowest BCUT2D eigenvalue weighted by Crippen LogP contribution is -2.60. The average Bonchev–Trinajstić information content (AvgIpc) is 3.38. The van der Waals surface area contributed by atoms with Crippen molar-refractivity contribution >= 4 is 58.5 Å². The quantitative estimate of drug-likeness (QED) is 0.0975. The Morgan fingerprint density at radius 3 is 2.20 bits per heavy atom. The molecule has 17 heteroatoms. The topological polar surface area (TPSA) is 142 Å². The molecule has 2 N–H and O–H groups in total. The van der Waals surface area contributed by atoms with Crippen molar-refractivity contribution in [3.8, 4) is 11.5 Å². The number of hydrogen-bond donors (Lipinski definition) is 2. The highest BCUT2D eigenvalue weighted by Gasteiger charge is 2.77. The molecule has 2 aromatic rings. The number of phenols is 1. The van der Waals surface area contributed by atoms with Crippen molar-refractivity contribution < 1.29 is 60.9 Å². The number of anilines is 1. The van der Waals surface area contributed by atoms with Crippen molar-refractivity contribution in [2.75, 3.05) is 18.1 Å². The van der Waals surface area contributed by atoms with Gasteiger partial charge in [0.05, 0.1) is 18.4 Å². The van der Waals surface area contributed by atoms with Crippen molar-refractivity contribution in [1.29, 1.82) is 0 Å². The van der Waals surface area contributed by atoms with Crippen LogP contribution in [0.3, 0.4) is 0 Å². The van der Waals surface area contributed by atoms with E-state index in [1.54, 1.807) is 6.92 Å². The third-order valence-corrected chi connectivity index (χ3v) is 11.1. The molecule has 4 aliphatic rings. The highest BCUT2D eigenvalue weighted by atomic mass is 35.5. The molecule has 3 fully saturated rings. The number of imide groups is 2. The van der Waals surface area contributed by atoms with Crippen LogP contribution in [0.2, 0.25) is 0 Å². The van der Waals surface area contributed by atoms with Gasteiger partial charge in [-0.15, -0.1) is 23.2 Å². The number of aliphatic carboxylic acids is 1. The number of aromatic hydroxyl groups is 1. The van der Waals surface area contributed by atoms with Crippen LogP contribution in [0.15, 0.2) is 29.8 Å². The summed E-state index contributed by atoms with van der Waals surface area (Å²) >= 11 is 14.1. The lowest BCUT2D eigenvalue weighted by atomic mass is 9.56. The number of carbonyl (C=O) groups is 5. The second-order valence-electron chi connectivity index (χ2n) is 12.1. The molecule has 2 aliphatic carbocycles. The number of phenolic OH excluding ortho intramolecular Hbond substituents is 1. The second-order valence-corrected chi connectivity index (χ2v) is 13.4. The average molecular weight is 731 g/mol. The number of carbonyl (C=O) groups excluding carboxylic acids is 4. The van der Waals surface area contributed by atoms with Gasteiger partial charge >= 0.3 is 5.97 Å². The number of fused-ring (bicyclic) bond motifs is 4. The van der Waals surface area contributed by atoms with Gasteiger partial charge in [-0.25, -0.2) is 26.9 Å². The minimum absolute atomic E-state index is 0.0575. The summed E-state index contributed by atoms with van der Waals surface area (Å²) in [4.78, 5) is 61.9. The van der Waals surface area contributed by atoms with Crippen molar-refractivity contribution in [2.45, 2.75) is 48.3 Å². The van der Waals surface area contributed by atoms with E-state index in [0.717, 1.165) is 4.90 Å². The zero-order chi connectivity index (χ0) is 35.9. The minimum atomic E-state index is -2.81. The van der Waals surface area contributed by atoms with Crippen LogP contribution in [0.4, 0.5) is 27.6 Å². The van der Waals surface area contributed by atoms with E-state index in [1.165, 1.54) is 24.3 Å². The van der Waals surface area contributed by atoms with Gasteiger partial charge in [0.2, 0.25) is 17.6 Å². The van der Waals surface area contributed by atoms with E-state index in [1.807, 2.05) is 0 Å². The normalized spacial score (nSPS) is 29.2. The molecule has 10 nitrogen and oxygen atoms in total. The number of benzene rings is 2. The molecule has 4 amide bonds. The number of carboxylic acids is 1. The summed E-state index contributed by atoms with van der Waals surface area (Å²) in [7, 11) is 0. The molecule has 0 aromatic heterocycles. The highest BCUT2D eigenvalue weighted by Crippen LogP contribution is 2.67. The molecule has 6 unspecified atom stereocenters. The molecule has 0 spiro atoms. The van der Waals surface area contributed by atoms with Crippen LogP contribution in [0.5, 0.6) is 11.5 Å². The predicted molar refractivity (Wildman–Crippen MR) is 159 cm³/mol. The van der Waals surface area contributed by atoms with Gasteiger partial charge in [-0.3, -0.25) is 28.9 Å². The van der Waals surface area contributed by atoms with Crippen LogP contribution in [-0.4, -0.2) is 67.6 Å². The first-order valence-corrected chi connectivity index (χ1v) is 15.8. The number of hydrogen-bond acceptors (Lipinski definition) is 7. The van der Waals surface area contributed by atoms with Crippen molar-refractivity contribution in [3.05, 3.63) is 64.5 Å². The standard InChI is InChI=1S/C32H25Cl2F5N2O8/c1-2-49-16-6-3-5-14(26(16)44)19-12-8-9-13-18(28(46)40(27(13)45)10-4-7-17(42)43)15(12)11-31(33)29(47)41(30(48)32(19,31)34)25-23(38)21(36)20(35)22(37)24(25)39/h3,5-6,8,13,15,18-19,44H,2,4,7,9-11H2,1H3,(H,42,43). The Kier molecular flexibility index (Phi) is 8.46. The monoisotopic (exact) mass is 730 g/mol. The molecule has 6 rings (SSSR count). The first kappa shape index (κ1) is 34.6. The van der Waals surface area contributed by atoms with E-state index < -0.39 is 110 Å². The van der Waals surface area contributed by atoms with Gasteiger partial charge in [-0.05, 0) is 38.2 Å². The molecule has 2 heterocycles. The minimum Gasteiger partial charge on any atom is -0.504 e. The van der Waals surface area contributed by atoms with Gasteiger partial charge < -0.3 is 14.9 Å². The van der Waals surface area contributed by atoms with E-state index in [0.29, 0.717) is 0 Å². The van der Waals surface area contributed by atoms with Crippen molar-refractivity contribution in [3.63, 3.8) is 0 Å². The van der Waals surface area contributed by atoms with Crippen molar-refractivity contribution in [1.82, 2.24) is 4.90 Å². The Morgan fingerprint density at radius 1 is 0.959 bits per heavy atom. The summed E-state index contributed by atoms with van der Waals surface area (Å²) < 4.78 is 78.6. The Balaban J connectivity index is 1.56. The lowest BCUT2D eigenvalue weighted by Gasteiger charge is -2.50. The fraction of sp³-hybridized carbons (Fsp3) is 0.406. The molecule has 0 bridgehead atoms. The first-order valence-electron chi connectivity index (χ1n) is 15.0. The van der Waals surface area contributed by atoms with E-state index in [-0.39, 0.29) is 54.2 Å². The highest BCUT2D eigenvalue weighted by molar-refractivity contribution is 6.58. The predicted octanol–water partition coefficient (Wildman–Crippen LogP) is 4.91. The molecular formula is C32H25Cl2F5N2O8. The molecule has 0 radical (unpaired) electrons. The van der Waals surface area contributed by atoms with Crippen molar-refractivity contribution in [2.24, 2.45) is 17.8 Å². The van der Waals surface area contributed by atoms with E-state index in [4.69, 9.17) is 33.0 Å². The molecular weight excluding hydrogens is 706 g/mol. The summed E-state index contributed by atoms with van der Waals surface area (Å²) in [6, 6.07) is 4.04. The molecule has 2 saturated heterocycles. The summed E-state index contributed by atoms with van der Waals surface area (Å²) in [6.45, 7) is 1.42. The largest absolute Gasteiger partial charge is 0.504 e. The maximum Gasteiger partial charge on any atom is 0.303 e. The van der Waals surface area contributed by atoms with E-state index in [9.17, 15) is 42.3 Å². The zero-order valence-electron chi connectivity index (χ0n) is 25.2. The van der Waals surface area contributed by atoms with Crippen LogP contribution < -0.4 is 9.64 Å². The van der Waals surface area contributed by atoms with E-state index >= 15 is 8.78 Å². The third-order valence-electron chi connectivity index (χ3n) is 9.73. The number of halogens is 7. The number of para-hydroxylation sites is 1. The zero-order valence-corrected chi connectivity index (χ0v) is 26.8. The van der Waals surface area contributed by atoms with Gasteiger partial charge in [-0.1, -0.05) is 23.8 Å². The second kappa shape index (κ2) is 12.0. The van der Waals surface area contributed by atoms with E-state index in [2.05, 4.69) is 0 Å². The Morgan fingerprint density at radius 2 is 1.59 bits per heavy atom. The number of allylic oxidation sites excluding steroid dienone is 2. The first-order chi connectivity index (χ1) is 23.0. The number of likely N-dealkylation sites (tertiary alicyclic amines) is 1. The molecule has 2 aliphatic heterocycles. The number of amides is 4. The van der Waals surface area contributed by atoms with Gasteiger partial charge in [-0.2, -0.15) is 0 Å². The van der Waals surface area contributed by atoms with Crippen LogP contribution >= 0.6 is 23.2 Å².